The maximum Gasteiger partial charge on any atom is 0.234 e. The van der Waals surface area contributed by atoms with E-state index in [1.54, 1.807) is 19.1 Å². The molecule has 3 nitrogen and oxygen atoms in total. The minimum Gasteiger partial charge on any atom is -0.296 e. The van der Waals surface area contributed by atoms with E-state index in [-0.39, 0.29) is 17.6 Å². The summed E-state index contributed by atoms with van der Waals surface area (Å²) >= 11 is 0. The molecule has 16 heavy (non-hydrogen) atoms. The summed E-state index contributed by atoms with van der Waals surface area (Å²) in [6.45, 7) is 1.67. The lowest BCUT2D eigenvalue weighted by Crippen LogP contribution is -2.39. The average molecular weight is 221 g/mol. The average Bonchev–Trinajstić information content (AvgIpc) is 2.22. The molecule has 1 unspecified atom stereocenters. The van der Waals surface area contributed by atoms with E-state index in [0.29, 0.717) is 24.0 Å². The number of imide groups is 1. The zero-order valence-electron chi connectivity index (χ0n) is 8.92. The van der Waals surface area contributed by atoms with Crippen molar-refractivity contribution in [1.82, 2.24) is 5.32 Å². The molecule has 0 saturated carbocycles. The monoisotopic (exact) mass is 221 g/mol. The summed E-state index contributed by atoms with van der Waals surface area (Å²) in [6.07, 6.45) is 0.763. The van der Waals surface area contributed by atoms with E-state index in [1.165, 1.54) is 6.07 Å². The maximum absolute atomic E-state index is 13.3. The van der Waals surface area contributed by atoms with Gasteiger partial charge in [0.15, 0.2) is 0 Å². The van der Waals surface area contributed by atoms with Crippen molar-refractivity contribution in [2.45, 2.75) is 25.7 Å². The van der Waals surface area contributed by atoms with Gasteiger partial charge in [0.25, 0.3) is 0 Å². The molecule has 1 aromatic carbocycles. The first kappa shape index (κ1) is 10.8. The van der Waals surface area contributed by atoms with Crippen LogP contribution in [-0.4, -0.2) is 11.8 Å². The third kappa shape index (κ3) is 1.96. The van der Waals surface area contributed by atoms with Gasteiger partial charge in [-0.2, -0.15) is 0 Å². The highest BCUT2D eigenvalue weighted by atomic mass is 19.1. The standard InChI is InChI=1S/C12H12FNO2/c1-7-2-3-8(6-10(7)13)9-4-5-11(15)14-12(9)16/h2-3,6,9H,4-5H2,1H3,(H,14,15,16). The number of piperidine rings is 1. The van der Waals surface area contributed by atoms with Gasteiger partial charge in [0.2, 0.25) is 11.8 Å². The first-order valence-corrected chi connectivity index (χ1v) is 5.17. The van der Waals surface area contributed by atoms with Crippen molar-refractivity contribution in [1.29, 1.82) is 0 Å². The van der Waals surface area contributed by atoms with Gasteiger partial charge < -0.3 is 0 Å². The van der Waals surface area contributed by atoms with Gasteiger partial charge in [-0.15, -0.1) is 0 Å². The van der Waals surface area contributed by atoms with Crippen LogP contribution in [0.4, 0.5) is 4.39 Å². The van der Waals surface area contributed by atoms with Gasteiger partial charge in [0.05, 0.1) is 5.92 Å². The smallest absolute Gasteiger partial charge is 0.234 e. The highest BCUT2D eigenvalue weighted by Crippen LogP contribution is 2.25. The number of carbonyl (C=O) groups is 2. The van der Waals surface area contributed by atoms with Crippen LogP contribution in [0.25, 0.3) is 0 Å². The lowest BCUT2D eigenvalue weighted by Gasteiger charge is -2.21. The van der Waals surface area contributed by atoms with Gasteiger partial charge >= 0.3 is 0 Å². The van der Waals surface area contributed by atoms with Crippen molar-refractivity contribution in [2.75, 3.05) is 0 Å². The van der Waals surface area contributed by atoms with E-state index in [1.807, 2.05) is 0 Å². The fraction of sp³-hybridized carbons (Fsp3) is 0.333. The summed E-state index contributed by atoms with van der Waals surface area (Å²) < 4.78 is 13.3. The quantitative estimate of drug-likeness (QED) is 0.733. The molecular formula is C12H12FNO2. The van der Waals surface area contributed by atoms with Crippen molar-refractivity contribution >= 4 is 11.8 Å². The highest BCUT2D eigenvalue weighted by molar-refractivity contribution is 6.00. The number of hydrogen-bond donors (Lipinski definition) is 1. The third-order valence-electron chi connectivity index (χ3n) is 2.84. The molecule has 0 radical (unpaired) electrons. The molecule has 0 bridgehead atoms. The second-order valence-corrected chi connectivity index (χ2v) is 4.01. The fourth-order valence-electron chi connectivity index (χ4n) is 1.84. The number of aryl methyl sites for hydroxylation is 1. The molecular weight excluding hydrogens is 209 g/mol. The first-order chi connectivity index (χ1) is 7.58. The van der Waals surface area contributed by atoms with E-state index >= 15 is 0 Å². The molecule has 1 aliphatic heterocycles. The number of amides is 2. The molecule has 84 valence electrons. The van der Waals surface area contributed by atoms with Crippen LogP contribution in [0.1, 0.15) is 29.9 Å². The Morgan fingerprint density at radius 2 is 2.12 bits per heavy atom. The van der Waals surface area contributed by atoms with E-state index in [0.717, 1.165) is 0 Å². The van der Waals surface area contributed by atoms with Crippen LogP contribution in [0.2, 0.25) is 0 Å². The predicted molar refractivity (Wildman–Crippen MR) is 56.3 cm³/mol. The maximum atomic E-state index is 13.3. The SMILES string of the molecule is Cc1ccc(C2CCC(=O)NC2=O)cc1F. The van der Waals surface area contributed by atoms with Gasteiger partial charge in [-0.25, -0.2) is 4.39 Å². The van der Waals surface area contributed by atoms with Crippen LogP contribution >= 0.6 is 0 Å². The molecule has 2 rings (SSSR count). The zero-order chi connectivity index (χ0) is 11.7. The summed E-state index contributed by atoms with van der Waals surface area (Å²) in [5, 5.41) is 2.26. The first-order valence-electron chi connectivity index (χ1n) is 5.17. The van der Waals surface area contributed by atoms with Crippen LogP contribution in [0, 0.1) is 12.7 Å². The Morgan fingerprint density at radius 3 is 2.75 bits per heavy atom. The minimum absolute atomic E-state index is 0.256. The Morgan fingerprint density at radius 1 is 1.38 bits per heavy atom. The Balaban J connectivity index is 2.27. The van der Waals surface area contributed by atoms with Crippen molar-refractivity contribution in [3.05, 3.63) is 35.1 Å². The summed E-state index contributed by atoms with van der Waals surface area (Å²) in [5.74, 6) is -1.32. The molecule has 4 heteroatoms. The Labute approximate surface area is 92.7 Å². The van der Waals surface area contributed by atoms with Crippen LogP contribution < -0.4 is 5.32 Å². The number of rotatable bonds is 1. The molecule has 1 fully saturated rings. The molecule has 0 aromatic heterocycles. The number of hydrogen-bond acceptors (Lipinski definition) is 2. The Kier molecular flexibility index (Phi) is 2.73. The van der Waals surface area contributed by atoms with Crippen molar-refractivity contribution in [3.8, 4) is 0 Å². The van der Waals surface area contributed by atoms with Crippen LogP contribution in [0.15, 0.2) is 18.2 Å². The molecule has 2 amide bonds. The van der Waals surface area contributed by atoms with Crippen molar-refractivity contribution in [2.24, 2.45) is 0 Å². The van der Waals surface area contributed by atoms with E-state index in [2.05, 4.69) is 5.32 Å². The molecule has 1 aromatic rings. The van der Waals surface area contributed by atoms with Crippen LogP contribution in [0.5, 0.6) is 0 Å². The highest BCUT2D eigenvalue weighted by Gasteiger charge is 2.28. The number of halogens is 1. The normalized spacial score (nSPS) is 20.8. The van der Waals surface area contributed by atoms with Gasteiger partial charge in [0, 0.05) is 6.42 Å². The summed E-state index contributed by atoms with van der Waals surface area (Å²) in [7, 11) is 0. The summed E-state index contributed by atoms with van der Waals surface area (Å²) in [4.78, 5) is 22.5. The van der Waals surface area contributed by atoms with Crippen LogP contribution in [0.3, 0.4) is 0 Å². The number of nitrogens with one attached hydrogen (secondary N) is 1. The van der Waals surface area contributed by atoms with Crippen molar-refractivity contribution < 1.29 is 14.0 Å². The summed E-state index contributed by atoms with van der Waals surface area (Å²) in [6, 6.07) is 4.75. The molecule has 1 atom stereocenters. The molecule has 1 aliphatic rings. The van der Waals surface area contributed by atoms with Gasteiger partial charge in [-0.3, -0.25) is 14.9 Å². The Hall–Kier alpha value is -1.71. The Bertz CT molecular complexity index is 456. The third-order valence-corrected chi connectivity index (χ3v) is 2.84. The van der Waals surface area contributed by atoms with E-state index in [4.69, 9.17) is 0 Å². The molecule has 0 spiro atoms. The van der Waals surface area contributed by atoms with Gasteiger partial charge in [-0.1, -0.05) is 12.1 Å². The van der Waals surface area contributed by atoms with Crippen molar-refractivity contribution in [3.63, 3.8) is 0 Å². The molecule has 0 aliphatic carbocycles. The lowest BCUT2D eigenvalue weighted by molar-refractivity contribution is -0.134. The second kappa shape index (κ2) is 4.04. The second-order valence-electron chi connectivity index (χ2n) is 4.01. The molecule has 1 heterocycles. The fourth-order valence-corrected chi connectivity index (χ4v) is 1.84. The lowest BCUT2D eigenvalue weighted by atomic mass is 9.90. The molecule has 1 N–H and O–H groups in total. The van der Waals surface area contributed by atoms with E-state index in [9.17, 15) is 14.0 Å². The zero-order valence-corrected chi connectivity index (χ0v) is 8.92. The van der Waals surface area contributed by atoms with Crippen LogP contribution in [-0.2, 0) is 9.59 Å². The van der Waals surface area contributed by atoms with E-state index < -0.39 is 5.92 Å². The van der Waals surface area contributed by atoms with Gasteiger partial charge in [0.1, 0.15) is 5.82 Å². The summed E-state index contributed by atoms with van der Waals surface area (Å²) in [5.41, 5.74) is 1.18. The topological polar surface area (TPSA) is 46.2 Å². The molecule has 1 saturated heterocycles. The van der Waals surface area contributed by atoms with Gasteiger partial charge in [-0.05, 0) is 30.5 Å². The minimum atomic E-state index is -0.409. The largest absolute Gasteiger partial charge is 0.296 e. The predicted octanol–water partition coefficient (Wildman–Crippen LogP) is 1.65. The number of carbonyl (C=O) groups excluding carboxylic acids is 2. The number of benzene rings is 1.